The zero-order valence-corrected chi connectivity index (χ0v) is 29.5. The average Bonchev–Trinajstić information content (AvgIpc) is 3.89. The first kappa shape index (κ1) is 30.7. The molecule has 0 aliphatic carbocycles. The number of nitriles is 2. The first-order chi connectivity index (χ1) is 27.2. The molecule has 0 N–H and O–H groups in total. The Labute approximate surface area is 316 Å². The predicted octanol–water partition coefficient (Wildman–Crippen LogP) is 12.4. The third-order valence-corrected chi connectivity index (χ3v) is 11.1. The van der Waals surface area contributed by atoms with Crippen LogP contribution in [0.15, 0.2) is 176 Å². The summed E-state index contributed by atoms with van der Waals surface area (Å²) in [6.45, 7) is 0. The molecule has 254 valence electrons. The summed E-state index contributed by atoms with van der Waals surface area (Å²) in [5.41, 5.74) is 12.5. The molecule has 0 radical (unpaired) electrons. The highest BCUT2D eigenvalue weighted by Gasteiger charge is 2.20. The van der Waals surface area contributed by atoms with Gasteiger partial charge < -0.3 is 13.7 Å². The van der Waals surface area contributed by atoms with Gasteiger partial charge in [-0.05, 0) is 78.4 Å². The first-order valence-corrected chi connectivity index (χ1v) is 18.3. The molecule has 0 fully saturated rings. The lowest BCUT2D eigenvalue weighted by molar-refractivity contribution is 1.16. The minimum atomic E-state index is 0.611. The third kappa shape index (κ3) is 4.39. The summed E-state index contributed by atoms with van der Waals surface area (Å²) in [7, 11) is 0. The van der Waals surface area contributed by atoms with Crippen molar-refractivity contribution in [2.45, 2.75) is 0 Å². The van der Waals surface area contributed by atoms with Crippen molar-refractivity contribution in [1.29, 1.82) is 10.5 Å². The smallest absolute Gasteiger partial charge is 0.102 e. The van der Waals surface area contributed by atoms with Crippen LogP contribution in [0.5, 0.6) is 0 Å². The minimum absolute atomic E-state index is 0.611. The van der Waals surface area contributed by atoms with Crippen LogP contribution in [0.3, 0.4) is 0 Å². The molecule has 0 amide bonds. The number of nitrogens with zero attached hydrogens (tertiary/aromatic N) is 5. The molecular formula is C50H29N5. The van der Waals surface area contributed by atoms with Crippen molar-refractivity contribution in [2.75, 3.05) is 0 Å². The highest BCUT2D eigenvalue weighted by Crippen LogP contribution is 2.40. The highest BCUT2D eigenvalue weighted by molar-refractivity contribution is 6.13. The molecule has 0 saturated heterocycles. The van der Waals surface area contributed by atoms with Crippen molar-refractivity contribution in [3.8, 4) is 40.3 Å². The number of para-hydroxylation sites is 4. The van der Waals surface area contributed by atoms with E-state index in [1.165, 1.54) is 21.8 Å². The molecule has 55 heavy (non-hydrogen) atoms. The summed E-state index contributed by atoms with van der Waals surface area (Å²) < 4.78 is 6.80. The van der Waals surface area contributed by atoms with E-state index in [1.807, 2.05) is 42.5 Å². The number of rotatable bonds is 4. The molecule has 0 unspecified atom stereocenters. The van der Waals surface area contributed by atoms with Crippen LogP contribution in [0.4, 0.5) is 0 Å². The number of aromatic nitrogens is 3. The maximum absolute atomic E-state index is 10.9. The molecule has 8 aromatic carbocycles. The molecule has 0 aliphatic rings. The van der Waals surface area contributed by atoms with Gasteiger partial charge >= 0.3 is 0 Å². The van der Waals surface area contributed by atoms with Gasteiger partial charge in [0.05, 0.1) is 56.0 Å². The lowest BCUT2D eigenvalue weighted by Crippen LogP contribution is -2.00. The van der Waals surface area contributed by atoms with E-state index < -0.39 is 0 Å². The fourth-order valence-corrected chi connectivity index (χ4v) is 8.83. The molecule has 0 bridgehead atoms. The molecule has 3 heterocycles. The van der Waals surface area contributed by atoms with Crippen LogP contribution < -0.4 is 0 Å². The lowest BCUT2D eigenvalue weighted by Gasteiger charge is -2.15. The first-order valence-electron chi connectivity index (χ1n) is 18.3. The summed E-state index contributed by atoms with van der Waals surface area (Å²) in [6, 6.07) is 65.9. The number of hydrogen-bond donors (Lipinski definition) is 0. The summed E-state index contributed by atoms with van der Waals surface area (Å²) in [6.07, 6.45) is 0. The van der Waals surface area contributed by atoms with E-state index in [0.29, 0.717) is 11.1 Å². The van der Waals surface area contributed by atoms with E-state index in [9.17, 15) is 10.5 Å². The van der Waals surface area contributed by atoms with Crippen LogP contribution in [-0.2, 0) is 0 Å². The quantitative estimate of drug-likeness (QED) is 0.184. The molecule has 0 spiro atoms. The van der Waals surface area contributed by atoms with Crippen molar-refractivity contribution >= 4 is 65.4 Å². The Balaban J connectivity index is 1.07. The van der Waals surface area contributed by atoms with Crippen molar-refractivity contribution in [3.05, 3.63) is 187 Å². The van der Waals surface area contributed by atoms with E-state index in [1.54, 1.807) is 0 Å². The van der Waals surface area contributed by atoms with Gasteiger partial charge in [0.15, 0.2) is 0 Å². The zero-order valence-electron chi connectivity index (χ0n) is 29.5. The van der Waals surface area contributed by atoms with Gasteiger partial charge in [0.1, 0.15) is 6.07 Å². The minimum Gasteiger partial charge on any atom is -0.309 e. The molecule has 0 atom stereocenters. The van der Waals surface area contributed by atoms with Crippen LogP contribution in [0.1, 0.15) is 11.1 Å². The Morgan fingerprint density at radius 1 is 0.364 bits per heavy atom. The normalized spacial score (nSPS) is 11.6. The summed E-state index contributed by atoms with van der Waals surface area (Å²) >= 11 is 0. The topological polar surface area (TPSA) is 62.4 Å². The van der Waals surface area contributed by atoms with Crippen LogP contribution in [0, 0.1) is 22.7 Å². The van der Waals surface area contributed by atoms with Crippen molar-refractivity contribution < 1.29 is 0 Å². The SMILES string of the molecule is N#Cc1c(-c2ccc(-n3c4ccccc4c4c(C#N)cccc43)cc2)cccc1-n1c2ccccc2c2cc(-n3c4ccccc4c4ccccc43)ccc21. The Morgan fingerprint density at radius 2 is 0.873 bits per heavy atom. The fraction of sp³-hybridized carbons (Fsp3) is 0. The van der Waals surface area contributed by atoms with Gasteiger partial charge in [0.2, 0.25) is 0 Å². The monoisotopic (exact) mass is 699 g/mol. The van der Waals surface area contributed by atoms with Crippen molar-refractivity contribution in [3.63, 3.8) is 0 Å². The molecule has 5 heteroatoms. The second kappa shape index (κ2) is 11.8. The Bertz CT molecular complexity index is 3400. The van der Waals surface area contributed by atoms with Gasteiger partial charge in [0.25, 0.3) is 0 Å². The van der Waals surface area contributed by atoms with Crippen LogP contribution in [-0.4, -0.2) is 13.7 Å². The number of fused-ring (bicyclic) bond motifs is 9. The Morgan fingerprint density at radius 3 is 1.53 bits per heavy atom. The summed E-state index contributed by atoms with van der Waals surface area (Å²) in [5.74, 6) is 0. The molecule has 11 aromatic rings. The average molecular weight is 700 g/mol. The summed E-state index contributed by atoms with van der Waals surface area (Å²) in [4.78, 5) is 0. The van der Waals surface area contributed by atoms with E-state index in [-0.39, 0.29) is 0 Å². The summed E-state index contributed by atoms with van der Waals surface area (Å²) in [5, 5.41) is 27.5. The van der Waals surface area contributed by atoms with Gasteiger partial charge in [-0.3, -0.25) is 0 Å². The van der Waals surface area contributed by atoms with Crippen molar-refractivity contribution in [2.24, 2.45) is 0 Å². The van der Waals surface area contributed by atoms with Gasteiger partial charge in [0, 0.05) is 49.3 Å². The van der Waals surface area contributed by atoms with Gasteiger partial charge in [-0.2, -0.15) is 10.5 Å². The highest BCUT2D eigenvalue weighted by atomic mass is 15.0. The molecule has 5 nitrogen and oxygen atoms in total. The predicted molar refractivity (Wildman–Crippen MR) is 224 cm³/mol. The van der Waals surface area contributed by atoms with E-state index in [0.717, 1.165) is 71.8 Å². The molecule has 0 saturated carbocycles. The second-order valence-corrected chi connectivity index (χ2v) is 13.9. The van der Waals surface area contributed by atoms with Gasteiger partial charge in [-0.1, -0.05) is 103 Å². The van der Waals surface area contributed by atoms with Crippen LogP contribution >= 0.6 is 0 Å². The number of benzene rings is 8. The molecule has 3 aromatic heterocycles. The lowest BCUT2D eigenvalue weighted by atomic mass is 9.98. The Kier molecular flexibility index (Phi) is 6.61. The van der Waals surface area contributed by atoms with Crippen LogP contribution in [0.2, 0.25) is 0 Å². The van der Waals surface area contributed by atoms with E-state index in [2.05, 4.69) is 159 Å². The second-order valence-electron chi connectivity index (χ2n) is 13.9. The van der Waals surface area contributed by atoms with E-state index in [4.69, 9.17) is 0 Å². The van der Waals surface area contributed by atoms with E-state index >= 15 is 0 Å². The largest absolute Gasteiger partial charge is 0.309 e. The Hall–Kier alpha value is -7.86. The van der Waals surface area contributed by atoms with Crippen LogP contribution in [0.25, 0.3) is 93.6 Å². The van der Waals surface area contributed by atoms with Crippen molar-refractivity contribution in [1.82, 2.24) is 13.7 Å². The molecular weight excluding hydrogens is 671 g/mol. The maximum atomic E-state index is 10.9. The van der Waals surface area contributed by atoms with Gasteiger partial charge in [-0.25, -0.2) is 0 Å². The zero-order chi connectivity index (χ0) is 36.6. The standard InChI is InChI=1S/C50H29N5/c51-30-33-11-9-22-49-50(33)40-15-4-8-20-46(40)53(49)34-25-23-32(24-26-34)36-16-10-21-47(42(36)31-52)55-45-19-7-3-14-39(45)41-29-35(27-28-48(41)55)54-43-17-5-1-12-37(43)38-13-2-6-18-44(38)54/h1-29H. The third-order valence-electron chi connectivity index (χ3n) is 11.1. The molecule has 0 aliphatic heterocycles. The van der Waals surface area contributed by atoms with Gasteiger partial charge in [-0.15, -0.1) is 0 Å². The fourth-order valence-electron chi connectivity index (χ4n) is 8.83. The maximum Gasteiger partial charge on any atom is 0.102 e. The molecule has 11 rings (SSSR count). The number of hydrogen-bond acceptors (Lipinski definition) is 2.